The first-order valence-electron chi connectivity index (χ1n) is 9.84. The largest absolute Gasteiger partial charge is 0.454 e. The number of alkyl halides is 1. The molecule has 1 saturated carbocycles. The predicted octanol–water partition coefficient (Wildman–Crippen LogP) is 3.84. The summed E-state index contributed by atoms with van der Waals surface area (Å²) in [5.74, 6) is 1.91. The van der Waals surface area contributed by atoms with Crippen LogP contribution in [0.3, 0.4) is 0 Å². The molecular weight excluding hydrogens is 359 g/mol. The third kappa shape index (κ3) is 3.44. The van der Waals surface area contributed by atoms with E-state index in [-0.39, 0.29) is 25.7 Å². The molecule has 0 bridgehead atoms. The highest BCUT2D eigenvalue weighted by molar-refractivity contribution is 5.95. The highest BCUT2D eigenvalue weighted by atomic mass is 19.1. The molecule has 28 heavy (non-hydrogen) atoms. The van der Waals surface area contributed by atoms with Crippen LogP contribution in [0, 0.1) is 0 Å². The van der Waals surface area contributed by atoms with E-state index in [4.69, 9.17) is 9.47 Å². The van der Waals surface area contributed by atoms with Crippen LogP contribution < -0.4 is 14.8 Å². The number of anilines is 1. The monoisotopic (exact) mass is 382 g/mol. The summed E-state index contributed by atoms with van der Waals surface area (Å²) in [6, 6.07) is 13.2. The molecule has 0 aromatic heterocycles. The number of rotatable bonds is 5. The van der Waals surface area contributed by atoms with E-state index in [0.717, 1.165) is 11.3 Å². The Hall–Kier alpha value is -2.60. The predicted molar refractivity (Wildman–Crippen MR) is 103 cm³/mol. The van der Waals surface area contributed by atoms with Gasteiger partial charge in [-0.1, -0.05) is 24.3 Å². The third-order valence-corrected chi connectivity index (χ3v) is 5.73. The standard InChI is InChI=1S/C22H23FN2O3/c23-17-10-19(22(26)24-18-8-6-15(7-9-18)14-4-5-14)25(12-17)11-16-2-1-3-20-21(16)28-13-27-20/h1-3,6-9,14,17,19H,4-5,10-13H2,(H,24,26)/t17-,19-/m1/s1. The van der Waals surface area contributed by atoms with Crippen molar-refractivity contribution in [2.45, 2.75) is 43.9 Å². The molecule has 1 saturated heterocycles. The van der Waals surface area contributed by atoms with Crippen molar-refractivity contribution >= 4 is 11.6 Å². The fraction of sp³-hybridized carbons (Fsp3) is 0.409. The van der Waals surface area contributed by atoms with Crippen LogP contribution in [0.4, 0.5) is 10.1 Å². The average molecular weight is 382 g/mol. The lowest BCUT2D eigenvalue weighted by atomic mass is 10.1. The molecule has 2 heterocycles. The van der Waals surface area contributed by atoms with Crippen molar-refractivity contribution in [3.8, 4) is 11.5 Å². The molecule has 2 aliphatic heterocycles. The fourth-order valence-electron chi connectivity index (χ4n) is 4.11. The van der Waals surface area contributed by atoms with E-state index in [1.165, 1.54) is 18.4 Å². The minimum absolute atomic E-state index is 0.163. The van der Waals surface area contributed by atoms with Gasteiger partial charge in [0.15, 0.2) is 11.5 Å². The van der Waals surface area contributed by atoms with Gasteiger partial charge in [-0.25, -0.2) is 4.39 Å². The number of ether oxygens (including phenoxy) is 2. The second kappa shape index (κ2) is 7.09. The minimum atomic E-state index is -1.01. The molecule has 1 aliphatic carbocycles. The number of amides is 1. The van der Waals surface area contributed by atoms with Crippen molar-refractivity contribution in [3.63, 3.8) is 0 Å². The molecule has 0 unspecified atom stereocenters. The quantitative estimate of drug-likeness (QED) is 0.854. The van der Waals surface area contributed by atoms with Crippen molar-refractivity contribution < 1.29 is 18.7 Å². The molecule has 1 amide bonds. The fourth-order valence-corrected chi connectivity index (χ4v) is 4.11. The number of fused-ring (bicyclic) bond motifs is 1. The molecule has 5 rings (SSSR count). The van der Waals surface area contributed by atoms with Gasteiger partial charge in [0, 0.05) is 30.8 Å². The van der Waals surface area contributed by atoms with E-state index in [0.29, 0.717) is 24.0 Å². The number of nitrogens with one attached hydrogen (secondary N) is 1. The zero-order valence-corrected chi connectivity index (χ0v) is 15.6. The summed E-state index contributed by atoms with van der Waals surface area (Å²) in [6.07, 6.45) is 1.69. The number of nitrogens with zero attached hydrogens (tertiary/aromatic N) is 1. The molecule has 0 radical (unpaired) electrons. The first-order valence-corrected chi connectivity index (χ1v) is 9.84. The van der Waals surface area contributed by atoms with Crippen molar-refractivity contribution in [3.05, 3.63) is 53.6 Å². The molecule has 6 heteroatoms. The second-order valence-corrected chi connectivity index (χ2v) is 7.81. The maximum atomic E-state index is 14.2. The Labute approximate surface area is 163 Å². The van der Waals surface area contributed by atoms with E-state index >= 15 is 0 Å². The maximum Gasteiger partial charge on any atom is 0.241 e. The lowest BCUT2D eigenvalue weighted by molar-refractivity contribution is -0.120. The molecular formula is C22H23FN2O3. The van der Waals surface area contributed by atoms with E-state index in [1.54, 1.807) is 0 Å². The SMILES string of the molecule is O=C(Nc1ccc(C2CC2)cc1)[C@H]1C[C@@H](F)CN1Cc1cccc2c1OCO2. The van der Waals surface area contributed by atoms with Gasteiger partial charge in [0.1, 0.15) is 6.17 Å². The van der Waals surface area contributed by atoms with Crippen molar-refractivity contribution in [2.75, 3.05) is 18.7 Å². The smallest absolute Gasteiger partial charge is 0.241 e. The van der Waals surface area contributed by atoms with Gasteiger partial charge in [-0.2, -0.15) is 0 Å². The van der Waals surface area contributed by atoms with Gasteiger partial charge in [0.25, 0.3) is 0 Å². The lowest BCUT2D eigenvalue weighted by Crippen LogP contribution is -2.39. The topological polar surface area (TPSA) is 50.8 Å². The number of halogens is 1. The number of hydrogen-bond acceptors (Lipinski definition) is 4. The summed E-state index contributed by atoms with van der Waals surface area (Å²) in [5.41, 5.74) is 2.99. The Kier molecular flexibility index (Phi) is 4.43. The number of likely N-dealkylation sites (tertiary alicyclic amines) is 1. The third-order valence-electron chi connectivity index (χ3n) is 5.73. The molecule has 2 fully saturated rings. The number of carbonyl (C=O) groups is 1. The van der Waals surface area contributed by atoms with E-state index < -0.39 is 12.2 Å². The van der Waals surface area contributed by atoms with Gasteiger partial charge in [0.2, 0.25) is 12.7 Å². The number of carbonyl (C=O) groups excluding carboxylic acids is 1. The van der Waals surface area contributed by atoms with Crippen LogP contribution in [0.1, 0.15) is 36.3 Å². The highest BCUT2D eigenvalue weighted by Gasteiger charge is 2.37. The summed E-state index contributed by atoms with van der Waals surface area (Å²) in [6.45, 7) is 0.883. The molecule has 146 valence electrons. The van der Waals surface area contributed by atoms with Crippen LogP contribution in [0.2, 0.25) is 0 Å². The molecule has 0 spiro atoms. The van der Waals surface area contributed by atoms with Crippen LogP contribution in [-0.2, 0) is 11.3 Å². The number of benzene rings is 2. The van der Waals surface area contributed by atoms with Gasteiger partial charge in [-0.15, -0.1) is 0 Å². The van der Waals surface area contributed by atoms with Crippen molar-refractivity contribution in [1.82, 2.24) is 4.90 Å². The molecule has 1 N–H and O–H groups in total. The van der Waals surface area contributed by atoms with Crippen LogP contribution in [0.15, 0.2) is 42.5 Å². The Morgan fingerprint density at radius 3 is 2.75 bits per heavy atom. The number of hydrogen-bond donors (Lipinski definition) is 1. The number of para-hydroxylation sites is 1. The maximum absolute atomic E-state index is 14.2. The van der Waals surface area contributed by atoms with Gasteiger partial charge in [-0.05, 0) is 42.5 Å². The van der Waals surface area contributed by atoms with E-state index in [2.05, 4.69) is 17.4 Å². The Balaban J connectivity index is 1.29. The highest BCUT2D eigenvalue weighted by Crippen LogP contribution is 2.40. The second-order valence-electron chi connectivity index (χ2n) is 7.81. The van der Waals surface area contributed by atoms with Crippen LogP contribution >= 0.6 is 0 Å². The van der Waals surface area contributed by atoms with Crippen LogP contribution in [-0.4, -0.2) is 36.4 Å². The normalized spacial score (nSPS) is 23.8. The molecule has 3 aliphatic rings. The van der Waals surface area contributed by atoms with Crippen LogP contribution in [0.5, 0.6) is 11.5 Å². The molecule has 2 aromatic carbocycles. The van der Waals surface area contributed by atoms with Gasteiger partial charge >= 0.3 is 0 Å². The van der Waals surface area contributed by atoms with E-state index in [9.17, 15) is 9.18 Å². The minimum Gasteiger partial charge on any atom is -0.454 e. The molecule has 2 atom stereocenters. The van der Waals surface area contributed by atoms with Crippen molar-refractivity contribution in [2.24, 2.45) is 0 Å². The average Bonchev–Trinajstić information content (AvgIpc) is 3.31. The van der Waals surface area contributed by atoms with Gasteiger partial charge in [0.05, 0.1) is 6.04 Å². The summed E-state index contributed by atoms with van der Waals surface area (Å²) in [4.78, 5) is 14.7. The summed E-state index contributed by atoms with van der Waals surface area (Å²) < 4.78 is 25.1. The summed E-state index contributed by atoms with van der Waals surface area (Å²) in [7, 11) is 0. The Morgan fingerprint density at radius 1 is 1.14 bits per heavy atom. The lowest BCUT2D eigenvalue weighted by Gasteiger charge is -2.24. The zero-order valence-electron chi connectivity index (χ0n) is 15.6. The van der Waals surface area contributed by atoms with Crippen LogP contribution in [0.25, 0.3) is 0 Å². The van der Waals surface area contributed by atoms with E-state index in [1.807, 2.05) is 35.2 Å². The Morgan fingerprint density at radius 2 is 1.96 bits per heavy atom. The zero-order chi connectivity index (χ0) is 19.1. The Bertz CT molecular complexity index is 882. The first kappa shape index (κ1) is 17.5. The van der Waals surface area contributed by atoms with Gasteiger partial charge in [-0.3, -0.25) is 9.69 Å². The summed E-state index contributed by atoms with van der Waals surface area (Å²) in [5, 5.41) is 2.96. The molecule has 2 aromatic rings. The van der Waals surface area contributed by atoms with Crippen molar-refractivity contribution in [1.29, 1.82) is 0 Å². The summed E-state index contributed by atoms with van der Waals surface area (Å²) >= 11 is 0. The molecule has 5 nitrogen and oxygen atoms in total. The first-order chi connectivity index (χ1) is 13.7. The van der Waals surface area contributed by atoms with Gasteiger partial charge < -0.3 is 14.8 Å².